The van der Waals surface area contributed by atoms with E-state index in [4.69, 9.17) is 15.8 Å². The molecule has 37 heavy (non-hydrogen) atoms. The van der Waals surface area contributed by atoms with E-state index in [1.54, 1.807) is 12.1 Å². The Morgan fingerprint density at radius 3 is 2.65 bits per heavy atom. The van der Waals surface area contributed by atoms with Gasteiger partial charge in [-0.25, -0.2) is 18.9 Å². The fourth-order valence-electron chi connectivity index (χ4n) is 5.55. The van der Waals surface area contributed by atoms with Crippen LogP contribution in [0.3, 0.4) is 0 Å². The van der Waals surface area contributed by atoms with Gasteiger partial charge in [0.1, 0.15) is 23.1 Å². The molecule has 2 aliphatic heterocycles. The van der Waals surface area contributed by atoms with Gasteiger partial charge >= 0.3 is 0 Å². The number of nitrogens with two attached hydrogens (primary N) is 1. The van der Waals surface area contributed by atoms with Crippen molar-refractivity contribution in [3.05, 3.63) is 72.2 Å². The predicted molar refractivity (Wildman–Crippen MR) is 144 cm³/mol. The molecule has 8 nitrogen and oxygen atoms in total. The summed E-state index contributed by atoms with van der Waals surface area (Å²) in [6, 6.07) is 17.2. The summed E-state index contributed by atoms with van der Waals surface area (Å²) in [7, 11) is 0. The minimum absolute atomic E-state index is 0.109. The van der Waals surface area contributed by atoms with E-state index < -0.39 is 0 Å². The van der Waals surface area contributed by atoms with Gasteiger partial charge in [-0.05, 0) is 74.3 Å². The van der Waals surface area contributed by atoms with Gasteiger partial charge in [-0.2, -0.15) is 0 Å². The van der Waals surface area contributed by atoms with Gasteiger partial charge in [0.2, 0.25) is 0 Å². The number of pyridine rings is 1. The molecule has 1 atom stereocenters. The minimum Gasteiger partial charge on any atom is -0.354 e. The highest BCUT2D eigenvalue weighted by atomic mass is 19.1. The molecule has 2 aliphatic rings. The Labute approximate surface area is 216 Å². The highest BCUT2D eigenvalue weighted by Crippen LogP contribution is 2.35. The lowest BCUT2D eigenvalue weighted by Crippen LogP contribution is -2.47. The quantitative estimate of drug-likeness (QED) is 0.414. The summed E-state index contributed by atoms with van der Waals surface area (Å²) in [4.78, 5) is 16.7. The Bertz CT molecular complexity index is 1360. The van der Waals surface area contributed by atoms with Crippen molar-refractivity contribution >= 4 is 17.3 Å². The first-order valence-corrected chi connectivity index (χ1v) is 13.2. The molecule has 6 rings (SSSR count). The van der Waals surface area contributed by atoms with Crippen molar-refractivity contribution in [1.82, 2.24) is 24.5 Å². The molecule has 0 bridgehead atoms. The van der Waals surface area contributed by atoms with E-state index in [1.165, 1.54) is 6.07 Å². The van der Waals surface area contributed by atoms with E-state index in [2.05, 4.69) is 31.8 Å². The first-order chi connectivity index (χ1) is 18.2. The Balaban J connectivity index is 1.26. The molecule has 4 aromatic rings. The van der Waals surface area contributed by atoms with Crippen LogP contribution in [0.2, 0.25) is 0 Å². The van der Waals surface area contributed by atoms with Crippen molar-refractivity contribution in [1.29, 1.82) is 0 Å². The lowest BCUT2D eigenvalue weighted by molar-refractivity contribution is 0.256. The molecule has 1 unspecified atom stereocenters. The summed E-state index contributed by atoms with van der Waals surface area (Å²) in [5, 5.41) is 4.99. The van der Waals surface area contributed by atoms with Gasteiger partial charge in [-0.15, -0.1) is 5.10 Å². The second-order valence-electron chi connectivity index (χ2n) is 9.86. The second-order valence-corrected chi connectivity index (χ2v) is 9.86. The predicted octanol–water partition coefficient (Wildman–Crippen LogP) is 3.74. The van der Waals surface area contributed by atoms with E-state index in [9.17, 15) is 4.39 Å². The van der Waals surface area contributed by atoms with Crippen LogP contribution in [0.1, 0.15) is 30.9 Å². The van der Waals surface area contributed by atoms with Gasteiger partial charge in [-0.3, -0.25) is 4.90 Å². The number of halogens is 1. The lowest BCUT2D eigenvalue weighted by Gasteiger charge is -2.35. The molecule has 3 aromatic heterocycles. The fourth-order valence-corrected chi connectivity index (χ4v) is 5.55. The standard InChI is InChI=1S/C28H33FN8/c29-22-6-1-5-21(19-22)24-8-3-14-36(24)28-11-10-26-31-20-25(37(26)33-28)23-7-2-9-27(32-23)35-17-15-34(16-18-35)13-4-12-30/h1-2,5-7,9-11,19-20,24H,3-4,8,12-18,30H2. The zero-order valence-electron chi connectivity index (χ0n) is 21.0. The molecule has 9 heteroatoms. The second kappa shape index (κ2) is 10.4. The smallest absolute Gasteiger partial charge is 0.154 e. The number of piperazine rings is 1. The average molecular weight is 501 g/mol. The topological polar surface area (TPSA) is 78.8 Å². The average Bonchev–Trinajstić information content (AvgIpc) is 3.60. The van der Waals surface area contributed by atoms with Crippen LogP contribution < -0.4 is 15.5 Å². The molecule has 0 spiro atoms. The molecule has 5 heterocycles. The molecule has 0 radical (unpaired) electrons. The van der Waals surface area contributed by atoms with Gasteiger partial charge in [-0.1, -0.05) is 18.2 Å². The van der Waals surface area contributed by atoms with E-state index in [-0.39, 0.29) is 11.9 Å². The molecular formula is C28H33FN8. The van der Waals surface area contributed by atoms with Crippen molar-refractivity contribution in [2.45, 2.75) is 25.3 Å². The number of aromatic nitrogens is 4. The summed E-state index contributed by atoms with van der Waals surface area (Å²) >= 11 is 0. The third-order valence-corrected chi connectivity index (χ3v) is 7.50. The number of nitrogens with zero attached hydrogens (tertiary/aromatic N) is 7. The fraction of sp³-hybridized carbons (Fsp3) is 0.393. The van der Waals surface area contributed by atoms with Crippen LogP contribution >= 0.6 is 0 Å². The number of hydrogen-bond acceptors (Lipinski definition) is 7. The van der Waals surface area contributed by atoms with Gasteiger partial charge in [0.25, 0.3) is 0 Å². The van der Waals surface area contributed by atoms with Crippen molar-refractivity contribution in [3.8, 4) is 11.4 Å². The zero-order chi connectivity index (χ0) is 25.2. The van der Waals surface area contributed by atoms with Crippen molar-refractivity contribution < 1.29 is 4.39 Å². The molecule has 2 saturated heterocycles. The summed E-state index contributed by atoms with van der Waals surface area (Å²) in [6.07, 6.45) is 4.90. The Morgan fingerprint density at radius 1 is 0.946 bits per heavy atom. The van der Waals surface area contributed by atoms with E-state index >= 15 is 0 Å². The Hall–Kier alpha value is -3.56. The summed E-state index contributed by atoms with van der Waals surface area (Å²) in [5.41, 5.74) is 9.15. The van der Waals surface area contributed by atoms with Gasteiger partial charge in [0, 0.05) is 32.7 Å². The third-order valence-electron chi connectivity index (χ3n) is 7.50. The van der Waals surface area contributed by atoms with E-state index in [0.717, 1.165) is 99.3 Å². The largest absolute Gasteiger partial charge is 0.354 e. The maximum Gasteiger partial charge on any atom is 0.154 e. The Morgan fingerprint density at radius 2 is 1.81 bits per heavy atom. The first-order valence-electron chi connectivity index (χ1n) is 13.2. The molecule has 0 saturated carbocycles. The van der Waals surface area contributed by atoms with Crippen LogP contribution in [0.4, 0.5) is 16.0 Å². The van der Waals surface area contributed by atoms with Crippen LogP contribution in [0, 0.1) is 5.82 Å². The highest BCUT2D eigenvalue weighted by molar-refractivity contribution is 5.62. The normalized spacial score (nSPS) is 18.7. The first kappa shape index (κ1) is 23.8. The van der Waals surface area contributed by atoms with Gasteiger partial charge in [0.05, 0.1) is 17.9 Å². The molecule has 192 valence electrons. The number of benzene rings is 1. The Kier molecular flexibility index (Phi) is 6.72. The molecule has 0 aliphatic carbocycles. The van der Waals surface area contributed by atoms with Crippen LogP contribution in [0.15, 0.2) is 60.8 Å². The van der Waals surface area contributed by atoms with Crippen molar-refractivity contribution in [2.24, 2.45) is 5.73 Å². The summed E-state index contributed by atoms with van der Waals surface area (Å²) < 4.78 is 15.8. The third kappa shape index (κ3) is 4.89. The van der Waals surface area contributed by atoms with Crippen LogP contribution in [-0.2, 0) is 0 Å². The molecule has 0 amide bonds. The molecular weight excluding hydrogens is 467 g/mol. The van der Waals surface area contributed by atoms with Gasteiger partial charge < -0.3 is 15.5 Å². The number of fused-ring (bicyclic) bond motifs is 1. The van der Waals surface area contributed by atoms with Crippen LogP contribution in [0.5, 0.6) is 0 Å². The molecule has 2 fully saturated rings. The lowest BCUT2D eigenvalue weighted by atomic mass is 10.0. The van der Waals surface area contributed by atoms with Crippen molar-refractivity contribution in [3.63, 3.8) is 0 Å². The van der Waals surface area contributed by atoms with E-state index in [0.29, 0.717) is 0 Å². The van der Waals surface area contributed by atoms with Crippen LogP contribution in [-0.4, -0.2) is 70.3 Å². The number of anilines is 2. The number of rotatable bonds is 7. The monoisotopic (exact) mass is 500 g/mol. The minimum atomic E-state index is -0.201. The summed E-state index contributed by atoms with van der Waals surface area (Å²) in [5.74, 6) is 1.64. The van der Waals surface area contributed by atoms with Crippen LogP contribution in [0.25, 0.3) is 17.0 Å². The SMILES string of the molecule is NCCCN1CCN(c2cccc(-c3cnc4ccc(N5CCCC5c5cccc(F)c5)nn34)n2)CC1. The molecule has 1 aromatic carbocycles. The maximum atomic E-state index is 13.9. The zero-order valence-corrected chi connectivity index (χ0v) is 21.0. The van der Waals surface area contributed by atoms with Crippen molar-refractivity contribution in [2.75, 3.05) is 55.6 Å². The highest BCUT2D eigenvalue weighted by Gasteiger charge is 2.28. The van der Waals surface area contributed by atoms with E-state index in [1.807, 2.05) is 35.0 Å². The maximum absolute atomic E-state index is 13.9. The number of imidazole rings is 1. The summed E-state index contributed by atoms with van der Waals surface area (Å²) in [6.45, 7) is 6.63. The number of hydrogen-bond donors (Lipinski definition) is 1. The van der Waals surface area contributed by atoms with Gasteiger partial charge in [0.15, 0.2) is 5.65 Å². The molecule has 2 N–H and O–H groups in total.